The van der Waals surface area contributed by atoms with Crippen LogP contribution in [0.5, 0.6) is 0 Å². The third kappa shape index (κ3) is 4.37. The molecule has 3 heterocycles. The molecule has 3 unspecified atom stereocenters. The Morgan fingerprint density at radius 1 is 1.19 bits per heavy atom. The Morgan fingerprint density at radius 3 is 2.85 bits per heavy atom. The summed E-state index contributed by atoms with van der Waals surface area (Å²) in [6, 6.07) is 12.6. The number of anilines is 1. The van der Waals surface area contributed by atoms with Crippen molar-refractivity contribution >= 4 is 46.7 Å². The minimum Gasteiger partial charge on any atom is -0.373 e. The van der Waals surface area contributed by atoms with E-state index in [1.165, 1.54) is 6.42 Å². The maximum Gasteiger partial charge on any atom is 0.191 e. The first-order valence-electron chi connectivity index (χ1n) is 9.04. The SMILES string of the molecule is CN=C(NCCNc1ccc2ccccc2n1)NC1CC2CCC1O2.I. The number of fused-ring (bicyclic) bond motifs is 3. The van der Waals surface area contributed by atoms with Crippen LogP contribution in [0, 0.1) is 0 Å². The lowest BCUT2D eigenvalue weighted by molar-refractivity contribution is 0.0992. The predicted octanol–water partition coefficient (Wildman–Crippen LogP) is 2.75. The van der Waals surface area contributed by atoms with E-state index in [0.717, 1.165) is 48.6 Å². The van der Waals surface area contributed by atoms with Crippen molar-refractivity contribution in [3.63, 3.8) is 0 Å². The molecule has 4 rings (SSSR count). The fraction of sp³-hybridized carbons (Fsp3) is 0.474. The summed E-state index contributed by atoms with van der Waals surface area (Å²) in [6.45, 7) is 1.55. The molecule has 26 heavy (non-hydrogen) atoms. The van der Waals surface area contributed by atoms with E-state index < -0.39 is 0 Å². The Balaban J connectivity index is 0.00000196. The molecule has 1 aromatic heterocycles. The summed E-state index contributed by atoms with van der Waals surface area (Å²) >= 11 is 0. The van der Waals surface area contributed by atoms with Gasteiger partial charge in [0.15, 0.2) is 5.96 Å². The second-order valence-electron chi connectivity index (χ2n) is 6.68. The Morgan fingerprint density at radius 2 is 2.08 bits per heavy atom. The quantitative estimate of drug-likeness (QED) is 0.273. The molecule has 2 fully saturated rings. The van der Waals surface area contributed by atoms with Crippen LogP contribution in [0.4, 0.5) is 5.82 Å². The number of rotatable bonds is 5. The summed E-state index contributed by atoms with van der Waals surface area (Å²) in [5.41, 5.74) is 1.01. The van der Waals surface area contributed by atoms with Crippen LogP contribution in [-0.4, -0.2) is 49.3 Å². The van der Waals surface area contributed by atoms with Gasteiger partial charge in [-0.3, -0.25) is 4.99 Å². The van der Waals surface area contributed by atoms with Crippen LogP contribution in [0.1, 0.15) is 19.3 Å². The number of ether oxygens (including phenoxy) is 1. The van der Waals surface area contributed by atoms with Gasteiger partial charge in [-0.1, -0.05) is 18.2 Å². The number of aromatic nitrogens is 1. The third-order valence-electron chi connectivity index (χ3n) is 4.97. The van der Waals surface area contributed by atoms with E-state index in [4.69, 9.17) is 4.74 Å². The summed E-state index contributed by atoms with van der Waals surface area (Å²) in [4.78, 5) is 8.94. The zero-order valence-electron chi connectivity index (χ0n) is 14.9. The Kier molecular flexibility index (Phi) is 6.53. The summed E-state index contributed by atoms with van der Waals surface area (Å²) in [5, 5.41) is 11.4. The van der Waals surface area contributed by atoms with Gasteiger partial charge >= 0.3 is 0 Å². The molecule has 0 radical (unpaired) electrons. The molecule has 140 valence electrons. The lowest BCUT2D eigenvalue weighted by Gasteiger charge is -2.22. The average Bonchev–Trinajstić information content (AvgIpc) is 3.27. The highest BCUT2D eigenvalue weighted by Gasteiger charge is 2.41. The molecule has 0 amide bonds. The molecule has 2 bridgehead atoms. The lowest BCUT2D eigenvalue weighted by Crippen LogP contribution is -2.48. The van der Waals surface area contributed by atoms with Crippen molar-refractivity contribution in [2.24, 2.45) is 4.99 Å². The minimum absolute atomic E-state index is 0. The van der Waals surface area contributed by atoms with Crippen molar-refractivity contribution in [3.8, 4) is 0 Å². The van der Waals surface area contributed by atoms with Crippen LogP contribution in [0.25, 0.3) is 10.9 Å². The number of benzene rings is 1. The second kappa shape index (κ2) is 8.85. The Labute approximate surface area is 171 Å². The fourth-order valence-corrected chi connectivity index (χ4v) is 3.70. The molecule has 3 atom stereocenters. The zero-order valence-corrected chi connectivity index (χ0v) is 17.3. The average molecular weight is 467 g/mol. The maximum atomic E-state index is 5.88. The molecule has 2 aromatic rings. The van der Waals surface area contributed by atoms with Gasteiger partial charge in [0.2, 0.25) is 0 Å². The normalized spacial score (nSPS) is 24.3. The maximum absolute atomic E-state index is 5.88. The molecule has 0 saturated carbocycles. The van der Waals surface area contributed by atoms with Gasteiger partial charge < -0.3 is 20.7 Å². The second-order valence-corrected chi connectivity index (χ2v) is 6.68. The number of aliphatic imine (C=N–C) groups is 1. The van der Waals surface area contributed by atoms with E-state index in [0.29, 0.717) is 18.2 Å². The molecule has 0 spiro atoms. The largest absolute Gasteiger partial charge is 0.373 e. The summed E-state index contributed by atoms with van der Waals surface area (Å²) in [6.07, 6.45) is 4.25. The van der Waals surface area contributed by atoms with Crippen LogP contribution in [-0.2, 0) is 4.74 Å². The van der Waals surface area contributed by atoms with Gasteiger partial charge in [-0.2, -0.15) is 0 Å². The summed E-state index contributed by atoms with van der Waals surface area (Å²) < 4.78 is 5.88. The van der Waals surface area contributed by atoms with E-state index in [-0.39, 0.29) is 24.0 Å². The standard InChI is InChI=1S/C19H25N5O.HI/c1-20-19(24-16-12-14-7-8-17(16)25-14)22-11-10-21-18-9-6-13-4-2-3-5-15(13)23-18;/h2-6,9,14,16-17H,7-8,10-12H2,1H3,(H,21,23)(H2,20,22,24);1H. The van der Waals surface area contributed by atoms with Gasteiger partial charge in [-0.25, -0.2) is 4.98 Å². The molecule has 1 aromatic carbocycles. The highest BCUT2D eigenvalue weighted by Crippen LogP contribution is 2.34. The Hall–Kier alpha value is -1.61. The fourth-order valence-electron chi connectivity index (χ4n) is 3.70. The van der Waals surface area contributed by atoms with Crippen molar-refractivity contribution in [2.45, 2.75) is 37.5 Å². The number of nitrogens with zero attached hydrogens (tertiary/aromatic N) is 2. The smallest absolute Gasteiger partial charge is 0.191 e. The molecule has 2 aliphatic rings. The predicted molar refractivity (Wildman–Crippen MR) is 116 cm³/mol. The van der Waals surface area contributed by atoms with Gasteiger partial charge in [-0.05, 0) is 37.5 Å². The first kappa shape index (κ1) is 19.2. The van der Waals surface area contributed by atoms with Crippen LogP contribution in [0.2, 0.25) is 0 Å². The zero-order chi connectivity index (χ0) is 17.1. The number of guanidine groups is 1. The first-order chi connectivity index (χ1) is 12.3. The number of hydrogen-bond acceptors (Lipinski definition) is 4. The van der Waals surface area contributed by atoms with Crippen molar-refractivity contribution in [1.82, 2.24) is 15.6 Å². The van der Waals surface area contributed by atoms with E-state index >= 15 is 0 Å². The molecular formula is C19H26IN5O. The van der Waals surface area contributed by atoms with E-state index in [2.05, 4.69) is 38.1 Å². The van der Waals surface area contributed by atoms with Gasteiger partial charge in [0, 0.05) is 25.5 Å². The topological polar surface area (TPSA) is 70.6 Å². The van der Waals surface area contributed by atoms with Crippen LogP contribution in [0.15, 0.2) is 41.4 Å². The molecule has 2 aliphatic heterocycles. The van der Waals surface area contributed by atoms with Crippen molar-refractivity contribution in [3.05, 3.63) is 36.4 Å². The van der Waals surface area contributed by atoms with Crippen molar-refractivity contribution < 1.29 is 4.74 Å². The number of para-hydroxylation sites is 1. The number of nitrogens with one attached hydrogen (secondary N) is 3. The molecule has 2 saturated heterocycles. The van der Waals surface area contributed by atoms with Gasteiger partial charge in [-0.15, -0.1) is 24.0 Å². The molecular weight excluding hydrogens is 441 g/mol. The third-order valence-corrected chi connectivity index (χ3v) is 4.97. The van der Waals surface area contributed by atoms with E-state index in [1.807, 2.05) is 31.3 Å². The molecule has 7 heteroatoms. The van der Waals surface area contributed by atoms with Gasteiger partial charge in [0.05, 0.1) is 23.8 Å². The van der Waals surface area contributed by atoms with Crippen molar-refractivity contribution in [1.29, 1.82) is 0 Å². The molecule has 6 nitrogen and oxygen atoms in total. The number of hydrogen-bond donors (Lipinski definition) is 3. The van der Waals surface area contributed by atoms with E-state index in [9.17, 15) is 0 Å². The van der Waals surface area contributed by atoms with Crippen LogP contribution >= 0.6 is 24.0 Å². The molecule has 0 aliphatic carbocycles. The number of pyridine rings is 1. The van der Waals surface area contributed by atoms with Gasteiger partial charge in [0.25, 0.3) is 0 Å². The highest BCUT2D eigenvalue weighted by atomic mass is 127. The first-order valence-corrected chi connectivity index (χ1v) is 9.04. The monoisotopic (exact) mass is 467 g/mol. The van der Waals surface area contributed by atoms with Gasteiger partial charge in [0.1, 0.15) is 5.82 Å². The Bertz CT molecular complexity index is 768. The van der Waals surface area contributed by atoms with Crippen LogP contribution in [0.3, 0.4) is 0 Å². The molecule has 3 N–H and O–H groups in total. The van der Waals surface area contributed by atoms with E-state index in [1.54, 1.807) is 0 Å². The summed E-state index contributed by atoms with van der Waals surface area (Å²) in [7, 11) is 1.81. The van der Waals surface area contributed by atoms with Crippen LogP contribution < -0.4 is 16.0 Å². The van der Waals surface area contributed by atoms with Crippen molar-refractivity contribution in [2.75, 3.05) is 25.5 Å². The number of halogens is 1. The highest BCUT2D eigenvalue weighted by molar-refractivity contribution is 14.0. The minimum atomic E-state index is 0. The summed E-state index contributed by atoms with van der Waals surface area (Å²) in [5.74, 6) is 1.74. The lowest BCUT2D eigenvalue weighted by atomic mass is 9.96.